The molecule has 0 unspecified atom stereocenters. The van der Waals surface area contributed by atoms with Gasteiger partial charge in [-0.25, -0.2) is 0 Å². The molecule has 2 aromatic rings. The Labute approximate surface area is 181 Å². The monoisotopic (exact) mass is 554 g/mol. The van der Waals surface area contributed by atoms with E-state index < -0.39 is 0 Å². The Hall–Kier alpha value is -1.51. The van der Waals surface area contributed by atoms with Crippen LogP contribution in [0.4, 0.5) is 5.82 Å². The van der Waals surface area contributed by atoms with Crippen LogP contribution < -0.4 is 31.5 Å². The predicted molar refractivity (Wildman–Crippen MR) is 109 cm³/mol. The SMILES string of the molecule is Cc1cccc(Cl)c1CC1=CC(=Nc2ccccn2)[I-][C@@H]2[NH+]=CC(Br)=C2N1. The van der Waals surface area contributed by atoms with E-state index in [1.807, 2.05) is 36.5 Å². The van der Waals surface area contributed by atoms with E-state index in [1.165, 1.54) is 11.3 Å². The van der Waals surface area contributed by atoms with Gasteiger partial charge in [0.1, 0.15) is 0 Å². The van der Waals surface area contributed by atoms with E-state index in [-0.39, 0.29) is 25.3 Å². The number of alkyl halides is 1. The zero-order valence-corrected chi connectivity index (χ0v) is 19.0. The number of nitrogens with one attached hydrogen (secondary N) is 2. The minimum atomic E-state index is -0.387. The maximum atomic E-state index is 6.47. The van der Waals surface area contributed by atoms with Crippen molar-refractivity contribution in [3.8, 4) is 0 Å². The number of hydrogen-bond donors (Lipinski definition) is 2. The molecule has 7 heteroatoms. The van der Waals surface area contributed by atoms with Crippen LogP contribution in [0.1, 0.15) is 11.1 Å². The molecule has 4 rings (SSSR count). The molecule has 0 fully saturated rings. The van der Waals surface area contributed by atoms with Crippen molar-refractivity contribution in [2.24, 2.45) is 4.99 Å². The first kappa shape index (κ1) is 18.8. The van der Waals surface area contributed by atoms with Crippen molar-refractivity contribution < 1.29 is 26.2 Å². The van der Waals surface area contributed by atoms with Gasteiger partial charge in [0.2, 0.25) is 0 Å². The zero-order chi connectivity index (χ0) is 18.8. The Bertz CT molecular complexity index is 978. The van der Waals surface area contributed by atoms with Crippen LogP contribution in [0.2, 0.25) is 5.02 Å². The third-order valence-electron chi connectivity index (χ3n) is 4.27. The Kier molecular flexibility index (Phi) is 5.75. The van der Waals surface area contributed by atoms with Crippen LogP contribution >= 0.6 is 27.5 Å². The van der Waals surface area contributed by atoms with Crippen molar-refractivity contribution in [1.82, 2.24) is 10.3 Å². The van der Waals surface area contributed by atoms with Gasteiger partial charge in [0, 0.05) is 0 Å². The maximum absolute atomic E-state index is 6.47. The molecule has 1 aromatic heterocycles. The average Bonchev–Trinajstić information content (AvgIpc) is 2.89. The summed E-state index contributed by atoms with van der Waals surface area (Å²) in [5.41, 5.74) is 4.59. The quantitative estimate of drug-likeness (QED) is 0.318. The number of benzene rings is 1. The van der Waals surface area contributed by atoms with Crippen molar-refractivity contribution in [2.75, 3.05) is 0 Å². The van der Waals surface area contributed by atoms with Gasteiger partial charge in [0.05, 0.1) is 0 Å². The first-order valence-electron chi connectivity index (χ1n) is 8.44. The number of hydrogen-bond acceptors (Lipinski definition) is 3. The number of fused-ring (bicyclic) bond motifs is 1. The number of nitrogens with zero attached hydrogens (tertiary/aromatic N) is 2. The number of allylic oxidation sites excluding steroid dienone is 3. The Morgan fingerprint density at radius 3 is 2.96 bits per heavy atom. The number of aromatic nitrogens is 1. The first-order chi connectivity index (χ1) is 13.1. The van der Waals surface area contributed by atoms with Gasteiger partial charge in [-0.3, -0.25) is 0 Å². The molecule has 4 nitrogen and oxygen atoms in total. The van der Waals surface area contributed by atoms with E-state index in [1.54, 1.807) is 6.20 Å². The summed E-state index contributed by atoms with van der Waals surface area (Å²) in [5.74, 6) is 0.741. The number of aliphatic imine (C=N–C) groups is 1. The minimum absolute atomic E-state index is 0.265. The molecular formula is C20H17BrClIN4. The average molecular weight is 556 g/mol. The number of pyridine rings is 1. The second-order valence-corrected chi connectivity index (χ2v) is 10.4. The topological polar surface area (TPSA) is 51.2 Å². The summed E-state index contributed by atoms with van der Waals surface area (Å²) < 4.78 is 2.41. The molecule has 1 aromatic carbocycles. The molecule has 0 radical (unpaired) electrons. The van der Waals surface area contributed by atoms with Crippen LogP contribution in [0, 0.1) is 6.92 Å². The summed E-state index contributed by atoms with van der Waals surface area (Å²) in [6.45, 7) is 2.09. The van der Waals surface area contributed by atoms with Gasteiger partial charge < -0.3 is 0 Å². The molecule has 2 aliphatic rings. The Balaban J connectivity index is 1.73. The summed E-state index contributed by atoms with van der Waals surface area (Å²) in [6.07, 6.45) is 6.67. The molecule has 2 aliphatic heterocycles. The predicted octanol–water partition coefficient (Wildman–Crippen LogP) is -0.0102. The fraction of sp³-hybridized carbons (Fsp3) is 0.150. The zero-order valence-electron chi connectivity index (χ0n) is 14.5. The van der Waals surface area contributed by atoms with E-state index >= 15 is 0 Å². The van der Waals surface area contributed by atoms with Gasteiger partial charge in [-0.15, -0.1) is 0 Å². The molecule has 0 aliphatic carbocycles. The van der Waals surface area contributed by atoms with Gasteiger partial charge in [-0.05, 0) is 0 Å². The van der Waals surface area contributed by atoms with Gasteiger partial charge in [-0.1, -0.05) is 0 Å². The van der Waals surface area contributed by atoms with Crippen LogP contribution in [0.5, 0.6) is 0 Å². The molecule has 0 bridgehead atoms. The molecule has 138 valence electrons. The van der Waals surface area contributed by atoms with Crippen molar-refractivity contribution in [2.45, 2.75) is 17.4 Å². The summed E-state index contributed by atoms with van der Waals surface area (Å²) in [7, 11) is 0. The number of aryl methyl sites for hydroxylation is 1. The molecule has 3 heterocycles. The summed E-state index contributed by atoms with van der Waals surface area (Å²) in [4.78, 5) is 12.6. The van der Waals surface area contributed by atoms with Crippen LogP contribution in [-0.4, -0.2) is 19.0 Å². The van der Waals surface area contributed by atoms with Gasteiger partial charge in [-0.2, -0.15) is 0 Å². The Morgan fingerprint density at radius 1 is 1.30 bits per heavy atom. The van der Waals surface area contributed by atoms with Crippen LogP contribution in [0.15, 0.2) is 69.5 Å². The van der Waals surface area contributed by atoms with Gasteiger partial charge in [0.15, 0.2) is 0 Å². The van der Waals surface area contributed by atoms with E-state index in [4.69, 9.17) is 16.6 Å². The fourth-order valence-electron chi connectivity index (χ4n) is 2.90. The second-order valence-electron chi connectivity index (χ2n) is 6.17. The molecule has 0 saturated heterocycles. The summed E-state index contributed by atoms with van der Waals surface area (Å²) >= 11 is 9.74. The second kappa shape index (κ2) is 8.24. The fourth-order valence-corrected chi connectivity index (χ4v) is 6.81. The normalized spacial score (nSPS) is 20.6. The van der Waals surface area contributed by atoms with Crippen molar-refractivity contribution in [3.63, 3.8) is 0 Å². The van der Waals surface area contributed by atoms with Gasteiger partial charge in [0.25, 0.3) is 0 Å². The van der Waals surface area contributed by atoms with E-state index in [2.05, 4.69) is 50.3 Å². The van der Waals surface area contributed by atoms with Crippen LogP contribution in [0.25, 0.3) is 0 Å². The standard InChI is InChI=1S/C20H16BrClIN4/c1-12-5-4-6-16(22)14(12)9-13-10-17(27-18-7-2-3-8-24-18)23-20-19(26-13)15(21)11-25-20/h2-8,10-11,20,26H,9H2,1H3/q-1/p+1/t20-/m1/s1. The van der Waals surface area contributed by atoms with Crippen molar-refractivity contribution in [3.05, 3.63) is 80.7 Å². The molecule has 2 N–H and O–H groups in total. The van der Waals surface area contributed by atoms with Crippen LogP contribution in [0.3, 0.4) is 0 Å². The molecular weight excluding hydrogens is 539 g/mol. The molecule has 0 spiro atoms. The third-order valence-corrected chi connectivity index (χ3v) is 8.07. The van der Waals surface area contributed by atoms with Crippen molar-refractivity contribution in [1.29, 1.82) is 0 Å². The summed E-state index contributed by atoms with van der Waals surface area (Å²) in [6, 6.07) is 11.8. The third kappa shape index (κ3) is 4.33. The first-order valence-corrected chi connectivity index (χ1v) is 11.9. The molecule has 27 heavy (non-hydrogen) atoms. The van der Waals surface area contributed by atoms with E-state index in [0.717, 1.165) is 36.7 Å². The van der Waals surface area contributed by atoms with Crippen LogP contribution in [-0.2, 0) is 6.42 Å². The molecule has 1 atom stereocenters. The van der Waals surface area contributed by atoms with Gasteiger partial charge >= 0.3 is 183 Å². The molecule has 0 amide bonds. The summed E-state index contributed by atoms with van der Waals surface area (Å²) in [5, 5.41) is 4.41. The van der Waals surface area contributed by atoms with Crippen molar-refractivity contribution >= 4 is 43.3 Å². The Morgan fingerprint density at radius 2 is 2.19 bits per heavy atom. The van der Waals surface area contributed by atoms with E-state index in [0.29, 0.717) is 0 Å². The van der Waals surface area contributed by atoms with E-state index in [9.17, 15) is 0 Å². The number of rotatable bonds is 3. The number of halogens is 3. The molecule has 0 saturated carbocycles.